The number of rotatable bonds is 3. The Hall–Kier alpha value is -2.22. The second kappa shape index (κ2) is 5.28. The van der Waals surface area contributed by atoms with Crippen LogP contribution in [-0.2, 0) is 10.0 Å². The van der Waals surface area contributed by atoms with E-state index in [1.165, 1.54) is 18.2 Å². The van der Waals surface area contributed by atoms with Crippen LogP contribution in [0.15, 0.2) is 35.2 Å². The standard InChI is InChI=1S/C13H11F3N2O2S/c1-7-4-8(2-3-12(7)17)21(19,20)18-13-6-10(15)9(14)5-11(13)16/h2-6,18H,17H2,1H3. The van der Waals surface area contributed by atoms with Crippen molar-refractivity contribution in [2.24, 2.45) is 0 Å². The van der Waals surface area contributed by atoms with E-state index in [1.54, 1.807) is 6.92 Å². The van der Waals surface area contributed by atoms with Crippen molar-refractivity contribution in [2.45, 2.75) is 11.8 Å². The first-order chi connectivity index (χ1) is 9.70. The molecule has 0 atom stereocenters. The largest absolute Gasteiger partial charge is 0.399 e. The Labute approximate surface area is 119 Å². The number of hydrogen-bond acceptors (Lipinski definition) is 3. The molecule has 0 radical (unpaired) electrons. The molecule has 0 aliphatic heterocycles. The molecule has 2 rings (SSSR count). The molecule has 2 aromatic carbocycles. The van der Waals surface area contributed by atoms with Gasteiger partial charge in [0, 0.05) is 17.8 Å². The van der Waals surface area contributed by atoms with Gasteiger partial charge in [-0.2, -0.15) is 0 Å². The first-order valence-corrected chi connectivity index (χ1v) is 7.22. The van der Waals surface area contributed by atoms with Gasteiger partial charge in [-0.05, 0) is 30.7 Å². The molecule has 0 aromatic heterocycles. The van der Waals surface area contributed by atoms with Gasteiger partial charge in [-0.3, -0.25) is 4.72 Å². The fraction of sp³-hybridized carbons (Fsp3) is 0.0769. The zero-order chi connectivity index (χ0) is 15.8. The van der Waals surface area contributed by atoms with E-state index in [9.17, 15) is 21.6 Å². The average molecular weight is 316 g/mol. The lowest BCUT2D eigenvalue weighted by molar-refractivity contribution is 0.496. The van der Waals surface area contributed by atoms with Crippen molar-refractivity contribution in [2.75, 3.05) is 10.5 Å². The summed E-state index contributed by atoms with van der Waals surface area (Å²) in [5.74, 6) is -3.98. The molecule has 0 aliphatic carbocycles. The third kappa shape index (κ3) is 3.10. The number of halogens is 3. The van der Waals surface area contributed by atoms with Gasteiger partial charge >= 0.3 is 0 Å². The first kappa shape index (κ1) is 15.2. The highest BCUT2D eigenvalue weighted by molar-refractivity contribution is 7.92. The molecule has 0 bridgehead atoms. The number of nitrogens with two attached hydrogens (primary N) is 1. The minimum atomic E-state index is -4.14. The summed E-state index contributed by atoms with van der Waals surface area (Å²) < 4.78 is 65.4. The lowest BCUT2D eigenvalue weighted by atomic mass is 10.2. The van der Waals surface area contributed by atoms with Crippen molar-refractivity contribution in [3.05, 3.63) is 53.3 Å². The van der Waals surface area contributed by atoms with Crippen LogP contribution in [0, 0.1) is 24.4 Å². The zero-order valence-corrected chi connectivity index (χ0v) is 11.6. The molecular weight excluding hydrogens is 305 g/mol. The molecular formula is C13H11F3N2O2S. The third-order valence-electron chi connectivity index (χ3n) is 2.81. The SMILES string of the molecule is Cc1cc(S(=O)(=O)Nc2cc(F)c(F)cc2F)ccc1N. The fourth-order valence-corrected chi connectivity index (χ4v) is 2.76. The number of sulfonamides is 1. The van der Waals surface area contributed by atoms with E-state index in [2.05, 4.69) is 0 Å². The Balaban J connectivity index is 2.42. The summed E-state index contributed by atoms with van der Waals surface area (Å²) in [6, 6.07) is 4.59. The third-order valence-corrected chi connectivity index (χ3v) is 4.17. The van der Waals surface area contributed by atoms with Gasteiger partial charge in [0.2, 0.25) is 0 Å². The second-order valence-corrected chi connectivity index (χ2v) is 6.05. The smallest absolute Gasteiger partial charge is 0.261 e. The van der Waals surface area contributed by atoms with Gasteiger partial charge in [-0.15, -0.1) is 0 Å². The predicted molar refractivity (Wildman–Crippen MR) is 72.7 cm³/mol. The molecule has 3 N–H and O–H groups in total. The average Bonchev–Trinajstić information content (AvgIpc) is 2.39. The number of benzene rings is 2. The first-order valence-electron chi connectivity index (χ1n) is 5.74. The summed E-state index contributed by atoms with van der Waals surface area (Å²) in [6.45, 7) is 1.60. The summed E-state index contributed by atoms with van der Waals surface area (Å²) in [5, 5.41) is 0. The van der Waals surface area contributed by atoms with Gasteiger partial charge in [0.25, 0.3) is 10.0 Å². The normalized spacial score (nSPS) is 11.4. The van der Waals surface area contributed by atoms with Crippen LogP contribution in [0.3, 0.4) is 0 Å². The second-order valence-electron chi connectivity index (χ2n) is 4.37. The number of anilines is 2. The molecule has 0 spiro atoms. The molecule has 0 saturated heterocycles. The van der Waals surface area contributed by atoms with E-state index >= 15 is 0 Å². The molecule has 112 valence electrons. The molecule has 0 fully saturated rings. The van der Waals surface area contributed by atoms with Gasteiger partial charge in [0.05, 0.1) is 10.6 Å². The summed E-state index contributed by atoms with van der Waals surface area (Å²) in [4.78, 5) is -0.168. The van der Waals surface area contributed by atoms with Crippen molar-refractivity contribution >= 4 is 21.4 Å². The summed E-state index contributed by atoms with van der Waals surface area (Å²) >= 11 is 0. The van der Waals surface area contributed by atoms with Crippen LogP contribution >= 0.6 is 0 Å². The quantitative estimate of drug-likeness (QED) is 0.675. The van der Waals surface area contributed by atoms with E-state index in [1.807, 2.05) is 4.72 Å². The lowest BCUT2D eigenvalue weighted by Gasteiger charge is -2.10. The van der Waals surface area contributed by atoms with Crippen LogP contribution in [0.2, 0.25) is 0 Å². The lowest BCUT2D eigenvalue weighted by Crippen LogP contribution is -2.15. The fourth-order valence-electron chi connectivity index (χ4n) is 1.62. The Morgan fingerprint density at radius 1 is 1.00 bits per heavy atom. The van der Waals surface area contributed by atoms with E-state index in [0.717, 1.165) is 0 Å². The molecule has 0 unspecified atom stereocenters. The van der Waals surface area contributed by atoms with Gasteiger partial charge in [0.15, 0.2) is 11.6 Å². The molecule has 21 heavy (non-hydrogen) atoms. The predicted octanol–water partition coefficient (Wildman–Crippen LogP) is 2.80. The van der Waals surface area contributed by atoms with Crippen LogP contribution in [0.25, 0.3) is 0 Å². The maximum Gasteiger partial charge on any atom is 0.261 e. The Morgan fingerprint density at radius 2 is 1.62 bits per heavy atom. The zero-order valence-electron chi connectivity index (χ0n) is 10.8. The molecule has 8 heteroatoms. The topological polar surface area (TPSA) is 72.2 Å². The monoisotopic (exact) mass is 316 g/mol. The number of hydrogen-bond donors (Lipinski definition) is 2. The van der Waals surface area contributed by atoms with E-state index in [0.29, 0.717) is 17.3 Å². The highest BCUT2D eigenvalue weighted by Crippen LogP contribution is 2.23. The van der Waals surface area contributed by atoms with E-state index < -0.39 is 33.2 Å². The highest BCUT2D eigenvalue weighted by Gasteiger charge is 2.19. The summed E-state index contributed by atoms with van der Waals surface area (Å²) in [7, 11) is -4.14. The molecule has 2 aromatic rings. The Morgan fingerprint density at radius 3 is 2.24 bits per heavy atom. The van der Waals surface area contributed by atoms with Crippen molar-refractivity contribution in [3.8, 4) is 0 Å². The van der Waals surface area contributed by atoms with Crippen LogP contribution in [0.5, 0.6) is 0 Å². The van der Waals surface area contributed by atoms with Crippen molar-refractivity contribution in [1.82, 2.24) is 0 Å². The van der Waals surface area contributed by atoms with Crippen LogP contribution in [-0.4, -0.2) is 8.42 Å². The van der Waals surface area contributed by atoms with Gasteiger partial charge < -0.3 is 5.73 Å². The number of nitrogens with one attached hydrogen (secondary N) is 1. The van der Waals surface area contributed by atoms with Gasteiger partial charge in [-0.25, -0.2) is 21.6 Å². The summed E-state index contributed by atoms with van der Waals surface area (Å²) in [5.41, 5.74) is 5.81. The maximum atomic E-state index is 13.5. The maximum absolute atomic E-state index is 13.5. The van der Waals surface area contributed by atoms with Crippen LogP contribution in [0.1, 0.15) is 5.56 Å². The van der Waals surface area contributed by atoms with Gasteiger partial charge in [0.1, 0.15) is 5.82 Å². The summed E-state index contributed by atoms with van der Waals surface area (Å²) in [6.07, 6.45) is 0. The van der Waals surface area contributed by atoms with E-state index in [-0.39, 0.29) is 11.0 Å². The van der Waals surface area contributed by atoms with Crippen molar-refractivity contribution in [1.29, 1.82) is 0 Å². The molecule has 0 saturated carbocycles. The van der Waals surface area contributed by atoms with Crippen molar-refractivity contribution in [3.63, 3.8) is 0 Å². The van der Waals surface area contributed by atoms with E-state index in [4.69, 9.17) is 5.73 Å². The Bertz CT molecular complexity index is 807. The molecule has 0 heterocycles. The molecule has 0 amide bonds. The van der Waals surface area contributed by atoms with Crippen molar-refractivity contribution < 1.29 is 21.6 Å². The Kier molecular flexibility index (Phi) is 3.82. The van der Waals surface area contributed by atoms with Crippen LogP contribution in [0.4, 0.5) is 24.5 Å². The molecule has 0 aliphatic rings. The minimum absolute atomic E-state index is 0.168. The minimum Gasteiger partial charge on any atom is -0.399 e. The molecule has 4 nitrogen and oxygen atoms in total. The number of nitrogen functional groups attached to an aromatic ring is 1. The van der Waals surface area contributed by atoms with Gasteiger partial charge in [-0.1, -0.05) is 0 Å². The number of aryl methyl sites for hydroxylation is 1. The van der Waals surface area contributed by atoms with Crippen LogP contribution < -0.4 is 10.5 Å². The highest BCUT2D eigenvalue weighted by atomic mass is 32.2.